The molecule has 104 valence electrons. The maximum absolute atomic E-state index is 11.9. The molecule has 0 radical (unpaired) electrons. The Labute approximate surface area is 127 Å². The molecule has 0 fully saturated rings. The molecule has 3 aromatic rings. The van der Waals surface area contributed by atoms with Crippen molar-refractivity contribution < 1.29 is 9.53 Å². The van der Waals surface area contributed by atoms with Gasteiger partial charge in [-0.15, -0.1) is 0 Å². The average molecular weight is 297 g/mol. The summed E-state index contributed by atoms with van der Waals surface area (Å²) in [4.78, 5) is 11.9. The van der Waals surface area contributed by atoms with E-state index in [1.807, 2.05) is 36.4 Å². The van der Waals surface area contributed by atoms with Gasteiger partial charge in [0.15, 0.2) is 0 Å². The number of hydrogen-bond donors (Lipinski definition) is 0. The Balaban J connectivity index is 1.71. The lowest BCUT2D eigenvalue weighted by molar-refractivity contribution is 0.0473. The maximum atomic E-state index is 11.9. The highest BCUT2D eigenvalue weighted by Gasteiger charge is 2.07. The highest BCUT2D eigenvalue weighted by atomic mass is 35.5. The molecular weight excluding hydrogens is 284 g/mol. The summed E-state index contributed by atoms with van der Waals surface area (Å²) in [6.45, 7) is 0.256. The number of hydrogen-bond acceptors (Lipinski definition) is 2. The fourth-order valence-corrected chi connectivity index (χ4v) is 2.27. The number of benzene rings is 3. The molecule has 0 aliphatic carbocycles. The van der Waals surface area contributed by atoms with Crippen LogP contribution in [0, 0.1) is 0 Å². The molecule has 0 amide bonds. The van der Waals surface area contributed by atoms with Crippen LogP contribution < -0.4 is 0 Å². The number of halogens is 1. The second-order valence-corrected chi connectivity index (χ2v) is 5.20. The monoisotopic (exact) mass is 296 g/mol. The lowest BCUT2D eigenvalue weighted by atomic mass is 10.1. The van der Waals surface area contributed by atoms with Gasteiger partial charge < -0.3 is 4.74 Å². The Morgan fingerprint density at radius 3 is 2.38 bits per heavy atom. The van der Waals surface area contributed by atoms with Crippen LogP contribution in [-0.4, -0.2) is 5.97 Å². The van der Waals surface area contributed by atoms with Crippen molar-refractivity contribution in [1.29, 1.82) is 0 Å². The molecule has 0 aliphatic heterocycles. The first kappa shape index (κ1) is 13.7. The molecule has 0 aromatic heterocycles. The average Bonchev–Trinajstić information content (AvgIpc) is 2.53. The zero-order valence-electron chi connectivity index (χ0n) is 11.3. The van der Waals surface area contributed by atoms with Crippen molar-refractivity contribution in [2.24, 2.45) is 0 Å². The van der Waals surface area contributed by atoms with Gasteiger partial charge in [0.05, 0.1) is 5.56 Å². The summed E-state index contributed by atoms with van der Waals surface area (Å²) in [5.41, 5.74) is 1.47. The van der Waals surface area contributed by atoms with Crippen LogP contribution in [0.2, 0.25) is 5.02 Å². The van der Waals surface area contributed by atoms with Gasteiger partial charge in [-0.3, -0.25) is 0 Å². The molecule has 3 rings (SSSR count). The van der Waals surface area contributed by atoms with Crippen LogP contribution >= 0.6 is 11.6 Å². The molecule has 3 aromatic carbocycles. The third-order valence-electron chi connectivity index (χ3n) is 3.26. The van der Waals surface area contributed by atoms with Crippen LogP contribution in [0.1, 0.15) is 15.9 Å². The summed E-state index contributed by atoms with van der Waals surface area (Å²) in [6, 6.07) is 20.8. The first-order chi connectivity index (χ1) is 10.2. The zero-order chi connectivity index (χ0) is 14.7. The van der Waals surface area contributed by atoms with Gasteiger partial charge in [0.25, 0.3) is 0 Å². The fourth-order valence-electron chi connectivity index (χ4n) is 2.15. The van der Waals surface area contributed by atoms with Crippen LogP contribution in [0.3, 0.4) is 0 Å². The topological polar surface area (TPSA) is 26.3 Å². The summed E-state index contributed by atoms with van der Waals surface area (Å²) < 4.78 is 5.32. The van der Waals surface area contributed by atoms with Crippen LogP contribution in [0.4, 0.5) is 0 Å². The first-order valence-electron chi connectivity index (χ1n) is 6.63. The molecule has 0 spiro atoms. The Morgan fingerprint density at radius 2 is 1.62 bits per heavy atom. The van der Waals surface area contributed by atoms with E-state index in [2.05, 4.69) is 6.07 Å². The predicted octanol–water partition coefficient (Wildman–Crippen LogP) is 4.85. The van der Waals surface area contributed by atoms with E-state index in [1.165, 1.54) is 5.39 Å². The van der Waals surface area contributed by atoms with E-state index >= 15 is 0 Å². The minimum Gasteiger partial charge on any atom is -0.457 e. The molecular formula is C18H13ClO2. The van der Waals surface area contributed by atoms with Gasteiger partial charge in [-0.25, -0.2) is 4.79 Å². The smallest absolute Gasteiger partial charge is 0.338 e. The SMILES string of the molecule is O=C(OCc1ccc2ccccc2c1)c1ccc(Cl)cc1. The molecule has 0 bridgehead atoms. The molecule has 0 atom stereocenters. The van der Waals surface area contributed by atoms with Gasteiger partial charge in [-0.05, 0) is 46.7 Å². The van der Waals surface area contributed by atoms with Gasteiger partial charge in [0.1, 0.15) is 6.61 Å². The van der Waals surface area contributed by atoms with E-state index < -0.39 is 0 Å². The number of carbonyl (C=O) groups is 1. The van der Waals surface area contributed by atoms with Crippen LogP contribution in [0.15, 0.2) is 66.7 Å². The Hall–Kier alpha value is -2.32. The second-order valence-electron chi connectivity index (χ2n) is 4.76. The second kappa shape index (κ2) is 5.98. The van der Waals surface area contributed by atoms with E-state index in [9.17, 15) is 4.79 Å². The lowest BCUT2D eigenvalue weighted by Gasteiger charge is -2.06. The molecule has 0 saturated carbocycles. The number of carbonyl (C=O) groups excluding carboxylic acids is 1. The number of rotatable bonds is 3. The van der Waals surface area contributed by atoms with Gasteiger partial charge in [-0.2, -0.15) is 0 Å². The van der Waals surface area contributed by atoms with Gasteiger partial charge in [0, 0.05) is 5.02 Å². The highest BCUT2D eigenvalue weighted by Crippen LogP contribution is 2.17. The van der Waals surface area contributed by atoms with Crippen LogP contribution in [0.5, 0.6) is 0 Å². The molecule has 2 nitrogen and oxygen atoms in total. The van der Waals surface area contributed by atoms with Crippen molar-refractivity contribution in [2.75, 3.05) is 0 Å². The van der Waals surface area contributed by atoms with Crippen molar-refractivity contribution in [3.8, 4) is 0 Å². The summed E-state index contributed by atoms with van der Waals surface area (Å²) in [7, 11) is 0. The van der Waals surface area contributed by atoms with Gasteiger partial charge in [0.2, 0.25) is 0 Å². The van der Waals surface area contributed by atoms with Crippen LogP contribution in [0.25, 0.3) is 10.8 Å². The quantitative estimate of drug-likeness (QED) is 0.646. The molecule has 21 heavy (non-hydrogen) atoms. The van der Waals surface area contributed by atoms with Gasteiger partial charge in [-0.1, -0.05) is 48.0 Å². The maximum Gasteiger partial charge on any atom is 0.338 e. The largest absolute Gasteiger partial charge is 0.457 e. The summed E-state index contributed by atoms with van der Waals surface area (Å²) in [5, 5.41) is 2.91. The third kappa shape index (κ3) is 3.23. The standard InChI is InChI=1S/C18H13ClO2/c19-17-9-7-15(8-10-17)18(20)21-12-13-5-6-14-3-1-2-4-16(14)11-13/h1-11H,12H2. The van der Waals surface area contributed by atoms with Crippen molar-refractivity contribution in [1.82, 2.24) is 0 Å². The minimum atomic E-state index is -0.347. The minimum absolute atomic E-state index is 0.256. The molecule has 3 heteroatoms. The fraction of sp³-hybridized carbons (Fsp3) is 0.0556. The Morgan fingerprint density at radius 1 is 0.905 bits per heavy atom. The predicted molar refractivity (Wildman–Crippen MR) is 84.5 cm³/mol. The van der Waals surface area contributed by atoms with Crippen molar-refractivity contribution in [2.45, 2.75) is 6.61 Å². The normalized spacial score (nSPS) is 10.5. The number of ether oxygens (including phenoxy) is 1. The Bertz CT molecular complexity index is 779. The molecule has 0 saturated heterocycles. The van der Waals surface area contributed by atoms with E-state index in [0.29, 0.717) is 10.6 Å². The van der Waals surface area contributed by atoms with E-state index in [0.717, 1.165) is 10.9 Å². The van der Waals surface area contributed by atoms with Crippen molar-refractivity contribution in [3.05, 3.63) is 82.9 Å². The number of esters is 1. The molecule has 0 aliphatic rings. The Kier molecular flexibility index (Phi) is 3.89. The third-order valence-corrected chi connectivity index (χ3v) is 3.52. The van der Waals surface area contributed by atoms with Crippen LogP contribution in [-0.2, 0) is 11.3 Å². The van der Waals surface area contributed by atoms with Crippen molar-refractivity contribution >= 4 is 28.3 Å². The summed E-state index contributed by atoms with van der Waals surface area (Å²) in [5.74, 6) is -0.347. The lowest BCUT2D eigenvalue weighted by Crippen LogP contribution is -2.04. The molecule has 0 heterocycles. The summed E-state index contributed by atoms with van der Waals surface area (Å²) in [6.07, 6.45) is 0. The van der Waals surface area contributed by atoms with E-state index in [4.69, 9.17) is 16.3 Å². The first-order valence-corrected chi connectivity index (χ1v) is 7.00. The summed E-state index contributed by atoms with van der Waals surface area (Å²) >= 11 is 5.79. The van der Waals surface area contributed by atoms with E-state index in [1.54, 1.807) is 24.3 Å². The van der Waals surface area contributed by atoms with Crippen molar-refractivity contribution in [3.63, 3.8) is 0 Å². The van der Waals surface area contributed by atoms with Gasteiger partial charge >= 0.3 is 5.97 Å². The molecule has 0 N–H and O–H groups in total. The van der Waals surface area contributed by atoms with E-state index in [-0.39, 0.29) is 12.6 Å². The highest BCUT2D eigenvalue weighted by molar-refractivity contribution is 6.30. The zero-order valence-corrected chi connectivity index (χ0v) is 12.0. The molecule has 0 unspecified atom stereocenters. The number of fused-ring (bicyclic) bond motifs is 1.